The van der Waals surface area contributed by atoms with Crippen LogP contribution in [-0.2, 0) is 18.3 Å². The highest BCUT2D eigenvalue weighted by Crippen LogP contribution is 2.66. The number of anilines is 6. The van der Waals surface area contributed by atoms with Crippen molar-refractivity contribution in [2.24, 2.45) is 0 Å². The number of nitrogens with zero attached hydrogens (tertiary/aromatic N) is 2. The van der Waals surface area contributed by atoms with Crippen LogP contribution in [0.25, 0.3) is 66.1 Å². The monoisotopic (exact) mass is 1310 g/mol. The standard InChI is InChI=1S/C93H90N2O5/c1-9-11-13-15-17-19-43-98-91-57-80-79-47-61(5)62(6)48-81(79)93(84(80)58-92(91)99-44-20-18-16-14-12-10-2)82-54-68(63-31-41-86-72(49-63)24-23-71-45-59(3)21-39-85(71)94(86)73-33-25-66-52-75(96-7)35-27-64(66)50-73)29-37-77(82)78-38-30-69(55-83(78)93)70-32-42-88-90(56-70)100-89-46-60(4)22-40-87(89)95(88)74-34-26-67-53-76(97-8)36-28-65(67)51-74/h21-22,25-42,45-58H,9-20,23-24,43-44H2,1-8H3. The normalized spacial score (nSPS) is 14.4. The minimum Gasteiger partial charge on any atom is -0.497 e. The fourth-order valence-corrected chi connectivity index (χ4v) is 16.5. The molecule has 0 radical (unpaired) electrons. The van der Waals surface area contributed by atoms with Gasteiger partial charge in [-0.05, 0) is 285 Å². The van der Waals surface area contributed by atoms with Crippen molar-refractivity contribution in [2.75, 3.05) is 37.2 Å². The van der Waals surface area contributed by atoms with E-state index >= 15 is 0 Å². The molecular weight excluding hydrogens is 1230 g/mol. The summed E-state index contributed by atoms with van der Waals surface area (Å²) >= 11 is 0. The van der Waals surface area contributed by atoms with E-state index in [-0.39, 0.29) is 0 Å². The Morgan fingerprint density at radius 1 is 0.350 bits per heavy atom. The first kappa shape index (κ1) is 64.4. The molecule has 7 heteroatoms. The summed E-state index contributed by atoms with van der Waals surface area (Å²) < 4.78 is 32.5. The third-order valence-corrected chi connectivity index (χ3v) is 21.9. The second-order valence-corrected chi connectivity index (χ2v) is 28.5. The van der Waals surface area contributed by atoms with E-state index in [1.54, 1.807) is 14.2 Å². The van der Waals surface area contributed by atoms with Crippen molar-refractivity contribution >= 4 is 55.7 Å². The van der Waals surface area contributed by atoms with Gasteiger partial charge in [-0.15, -0.1) is 0 Å². The van der Waals surface area contributed by atoms with Crippen molar-refractivity contribution < 1.29 is 23.7 Å². The molecule has 12 aromatic carbocycles. The number of rotatable bonds is 22. The molecule has 1 atom stereocenters. The largest absolute Gasteiger partial charge is 0.497 e. The Kier molecular flexibility index (Phi) is 17.5. The first-order chi connectivity index (χ1) is 49.0. The van der Waals surface area contributed by atoms with Crippen molar-refractivity contribution in [3.8, 4) is 79.0 Å². The summed E-state index contributed by atoms with van der Waals surface area (Å²) in [6, 6.07) is 78.0. The molecule has 0 aromatic heterocycles. The Balaban J connectivity index is 0.857. The van der Waals surface area contributed by atoms with Gasteiger partial charge in [0.25, 0.3) is 0 Å². The van der Waals surface area contributed by atoms with Crippen LogP contribution in [0.3, 0.4) is 0 Å². The second-order valence-electron chi connectivity index (χ2n) is 28.5. The molecule has 12 aromatic rings. The summed E-state index contributed by atoms with van der Waals surface area (Å²) in [5.74, 6) is 5.00. The third kappa shape index (κ3) is 11.6. The maximum atomic E-state index is 7.15. The number of ether oxygens (including phenoxy) is 5. The Labute approximate surface area is 590 Å². The van der Waals surface area contributed by atoms with Crippen molar-refractivity contribution in [3.05, 3.63) is 262 Å². The Morgan fingerprint density at radius 2 is 0.780 bits per heavy atom. The summed E-state index contributed by atoms with van der Waals surface area (Å²) in [4.78, 5) is 4.85. The van der Waals surface area contributed by atoms with Gasteiger partial charge in [-0.25, -0.2) is 0 Å². The minimum absolute atomic E-state index is 0.631. The minimum atomic E-state index is -0.740. The molecule has 2 aliphatic carbocycles. The number of hydrogen-bond acceptors (Lipinski definition) is 7. The van der Waals surface area contributed by atoms with Crippen molar-refractivity contribution in [1.29, 1.82) is 0 Å². The summed E-state index contributed by atoms with van der Waals surface area (Å²) in [5.41, 5.74) is 28.1. The molecule has 1 spiro atoms. The summed E-state index contributed by atoms with van der Waals surface area (Å²) in [5, 5.41) is 4.59. The number of benzene rings is 12. The van der Waals surface area contributed by atoms with Gasteiger partial charge in [0.15, 0.2) is 23.0 Å². The van der Waals surface area contributed by atoms with Gasteiger partial charge in [-0.2, -0.15) is 0 Å². The van der Waals surface area contributed by atoms with E-state index < -0.39 is 5.41 Å². The lowest BCUT2D eigenvalue weighted by molar-refractivity contribution is 0.258. The van der Waals surface area contributed by atoms with Crippen molar-refractivity contribution in [2.45, 2.75) is 137 Å². The van der Waals surface area contributed by atoms with Crippen LogP contribution in [0.15, 0.2) is 206 Å². The van der Waals surface area contributed by atoms with Gasteiger partial charge in [-0.3, -0.25) is 0 Å². The summed E-state index contributed by atoms with van der Waals surface area (Å²) in [7, 11) is 3.46. The molecule has 7 nitrogen and oxygen atoms in total. The van der Waals surface area contributed by atoms with Crippen LogP contribution in [0.5, 0.6) is 34.5 Å². The molecular formula is C93H90N2O5. The van der Waals surface area contributed by atoms with Crippen LogP contribution in [0.4, 0.5) is 34.1 Å². The van der Waals surface area contributed by atoms with Gasteiger partial charge in [0, 0.05) is 22.7 Å². The van der Waals surface area contributed by atoms with E-state index in [0.29, 0.717) is 13.2 Å². The molecule has 0 fully saturated rings. The zero-order chi connectivity index (χ0) is 68.2. The van der Waals surface area contributed by atoms with E-state index in [1.807, 2.05) is 6.07 Å². The fraction of sp³-hybridized carbons (Fsp3) is 0.269. The molecule has 4 aliphatic rings. The molecule has 0 saturated heterocycles. The number of fused-ring (bicyclic) bond motifs is 16. The Morgan fingerprint density at radius 3 is 1.38 bits per heavy atom. The van der Waals surface area contributed by atoms with Gasteiger partial charge >= 0.3 is 0 Å². The highest BCUT2D eigenvalue weighted by molar-refractivity contribution is 6.00. The van der Waals surface area contributed by atoms with Crippen molar-refractivity contribution in [3.63, 3.8) is 0 Å². The maximum Gasteiger partial charge on any atom is 0.161 e. The SMILES string of the molecule is CCCCCCCCOc1cc2c(cc1OCCCCCCCC)C1(c3cc(-c4ccc5c(c4)CCc4cc(C)ccc4N5c4ccc5cc(OC)ccc5c4)ccc3-c3ccc(-c4ccc5c(c4)Oc4cc(C)ccc4N5c4ccc5cc(OC)ccc5c4)cc31)c1cc(C)c(C)cc1-2. The molecule has 16 rings (SSSR count). The number of hydrogen-bond donors (Lipinski definition) is 0. The molecule has 502 valence electrons. The van der Waals surface area contributed by atoms with E-state index in [1.165, 1.54) is 152 Å². The smallest absolute Gasteiger partial charge is 0.161 e. The zero-order valence-electron chi connectivity index (χ0n) is 59.4. The lowest BCUT2D eigenvalue weighted by atomic mass is 9.69. The Bertz CT molecular complexity index is 5160. The molecule has 0 N–H and O–H groups in total. The summed E-state index contributed by atoms with van der Waals surface area (Å²) in [6.45, 7) is 14.8. The Hall–Kier alpha value is -10.2. The van der Waals surface area contributed by atoms with E-state index in [2.05, 4.69) is 252 Å². The molecule has 2 heterocycles. The van der Waals surface area contributed by atoms with Crippen LogP contribution in [0.1, 0.15) is 147 Å². The molecule has 2 aliphatic heterocycles. The highest BCUT2D eigenvalue weighted by Gasteiger charge is 2.53. The quantitative estimate of drug-likeness (QED) is 0.0627. The van der Waals surface area contributed by atoms with Gasteiger partial charge in [0.1, 0.15) is 11.5 Å². The number of methoxy groups -OCH3 is 2. The van der Waals surface area contributed by atoms with Gasteiger partial charge in [0.2, 0.25) is 0 Å². The van der Waals surface area contributed by atoms with Crippen molar-refractivity contribution in [1.82, 2.24) is 0 Å². The molecule has 0 bridgehead atoms. The first-order valence-corrected chi connectivity index (χ1v) is 36.8. The topological polar surface area (TPSA) is 52.6 Å². The van der Waals surface area contributed by atoms with Crippen LogP contribution in [-0.4, -0.2) is 27.4 Å². The lowest BCUT2D eigenvalue weighted by Crippen LogP contribution is -2.26. The van der Waals surface area contributed by atoms with Crippen LogP contribution >= 0.6 is 0 Å². The highest BCUT2D eigenvalue weighted by atomic mass is 16.5. The number of unbranched alkanes of at least 4 members (excludes halogenated alkanes) is 10. The fourth-order valence-electron chi connectivity index (χ4n) is 16.5. The molecule has 0 amide bonds. The van der Waals surface area contributed by atoms with Crippen LogP contribution in [0.2, 0.25) is 0 Å². The molecule has 0 saturated carbocycles. The molecule has 1 unspecified atom stereocenters. The average molecular weight is 1320 g/mol. The number of aryl methyl sites for hydroxylation is 6. The maximum absolute atomic E-state index is 7.15. The van der Waals surface area contributed by atoms with Gasteiger partial charge in [0.05, 0.1) is 44.2 Å². The van der Waals surface area contributed by atoms with Crippen LogP contribution in [0, 0.1) is 27.7 Å². The lowest BCUT2D eigenvalue weighted by Gasteiger charge is -2.33. The van der Waals surface area contributed by atoms with E-state index in [4.69, 9.17) is 23.7 Å². The first-order valence-electron chi connectivity index (χ1n) is 36.8. The predicted octanol–water partition coefficient (Wildman–Crippen LogP) is 25.5. The summed E-state index contributed by atoms with van der Waals surface area (Å²) in [6.07, 6.45) is 16.1. The average Bonchev–Trinajstić information content (AvgIpc) is 1.50. The molecule has 100 heavy (non-hydrogen) atoms. The van der Waals surface area contributed by atoms with Crippen LogP contribution < -0.4 is 33.5 Å². The van der Waals surface area contributed by atoms with E-state index in [9.17, 15) is 0 Å². The zero-order valence-corrected chi connectivity index (χ0v) is 59.4. The van der Waals surface area contributed by atoms with Gasteiger partial charge in [-0.1, -0.05) is 175 Å². The van der Waals surface area contributed by atoms with Gasteiger partial charge < -0.3 is 33.5 Å². The predicted molar refractivity (Wildman–Crippen MR) is 415 cm³/mol. The van der Waals surface area contributed by atoms with E-state index in [0.717, 1.165) is 129 Å². The third-order valence-electron chi connectivity index (χ3n) is 21.9. The second kappa shape index (κ2) is 27.1.